The van der Waals surface area contributed by atoms with E-state index in [0.717, 1.165) is 16.6 Å². The monoisotopic (exact) mass is 339 g/mol. The molecule has 1 atom stereocenters. The molecule has 5 nitrogen and oxygen atoms in total. The highest BCUT2D eigenvalue weighted by atomic mass is 35.5. The van der Waals surface area contributed by atoms with Gasteiger partial charge in [-0.1, -0.05) is 41.9 Å². The topological polar surface area (TPSA) is 78.8 Å². The lowest BCUT2D eigenvalue weighted by Gasteiger charge is -2.07. The maximum absolute atomic E-state index is 12.3. The molecule has 0 bridgehead atoms. The summed E-state index contributed by atoms with van der Waals surface area (Å²) in [6.45, 7) is 0.0319. The Bertz CT molecular complexity index is 881. The molecule has 3 aromatic rings. The fourth-order valence-electron chi connectivity index (χ4n) is 2.36. The number of carbonyl (C=O) groups excluding carboxylic acids is 1. The van der Waals surface area contributed by atoms with Crippen LogP contribution in [0.1, 0.15) is 17.3 Å². The van der Waals surface area contributed by atoms with Crippen molar-refractivity contribution in [3.63, 3.8) is 0 Å². The third kappa shape index (κ3) is 3.46. The Labute approximate surface area is 143 Å². The summed E-state index contributed by atoms with van der Waals surface area (Å²) in [5.74, 6) is -0.989. The van der Waals surface area contributed by atoms with E-state index in [1.807, 2.05) is 48.5 Å². The number of ketones is 1. The lowest BCUT2D eigenvalue weighted by Crippen LogP contribution is -2.18. The minimum Gasteiger partial charge on any atom is -0.369 e. The molecule has 0 aliphatic carbocycles. The Kier molecular flexibility index (Phi) is 4.90. The van der Waals surface area contributed by atoms with Crippen LogP contribution in [0.25, 0.3) is 11.0 Å². The minimum absolute atomic E-state index is 0.180. The molecule has 1 N–H and O–H groups in total. The molecule has 0 unspecified atom stereocenters. The van der Waals surface area contributed by atoms with Crippen LogP contribution in [-0.4, -0.2) is 22.4 Å². The third-order valence-corrected chi connectivity index (χ3v) is 3.96. The van der Waals surface area contributed by atoms with E-state index >= 15 is 0 Å². The molecule has 0 aliphatic heterocycles. The van der Waals surface area contributed by atoms with Crippen LogP contribution >= 0.6 is 11.6 Å². The van der Waals surface area contributed by atoms with Gasteiger partial charge in [0.15, 0.2) is 11.7 Å². The standard InChI is InChI=1S/C18H14ClN3O2/c19-14-6-2-1-5-12(14)10-24-11-17(23)13(9-20)18-21-15-7-3-4-8-16(15)22-18/h1-8,13H,10-11H2,(H,21,22)/t13-/m0/s1. The molecule has 1 aromatic heterocycles. The van der Waals surface area contributed by atoms with Crippen LogP contribution in [0.15, 0.2) is 48.5 Å². The van der Waals surface area contributed by atoms with Crippen LogP contribution in [0, 0.1) is 11.3 Å². The second kappa shape index (κ2) is 7.26. The van der Waals surface area contributed by atoms with E-state index in [4.69, 9.17) is 16.3 Å². The van der Waals surface area contributed by atoms with Gasteiger partial charge in [-0.3, -0.25) is 4.79 Å². The highest BCUT2D eigenvalue weighted by Gasteiger charge is 2.23. The summed E-state index contributed by atoms with van der Waals surface area (Å²) < 4.78 is 5.41. The Morgan fingerprint density at radius 3 is 2.75 bits per heavy atom. The van der Waals surface area contributed by atoms with Gasteiger partial charge in [-0.25, -0.2) is 4.98 Å². The number of ether oxygens (including phenoxy) is 1. The van der Waals surface area contributed by atoms with Crippen molar-refractivity contribution in [3.05, 3.63) is 64.9 Å². The van der Waals surface area contributed by atoms with Crippen LogP contribution in [0.5, 0.6) is 0 Å². The third-order valence-electron chi connectivity index (χ3n) is 3.59. The Balaban J connectivity index is 1.66. The number of hydrogen-bond acceptors (Lipinski definition) is 4. The number of nitrogens with zero attached hydrogens (tertiary/aromatic N) is 2. The van der Waals surface area contributed by atoms with Gasteiger partial charge in [0.2, 0.25) is 0 Å². The number of aromatic nitrogens is 2. The van der Waals surface area contributed by atoms with Gasteiger partial charge >= 0.3 is 0 Å². The van der Waals surface area contributed by atoms with E-state index in [1.165, 1.54) is 0 Å². The molecule has 0 spiro atoms. The molecular formula is C18H14ClN3O2. The van der Waals surface area contributed by atoms with Crippen molar-refractivity contribution in [1.29, 1.82) is 5.26 Å². The van der Waals surface area contributed by atoms with E-state index in [9.17, 15) is 10.1 Å². The first-order chi connectivity index (χ1) is 11.7. The van der Waals surface area contributed by atoms with Crippen molar-refractivity contribution < 1.29 is 9.53 Å². The van der Waals surface area contributed by atoms with E-state index in [-0.39, 0.29) is 19.0 Å². The number of nitriles is 1. The zero-order valence-electron chi connectivity index (χ0n) is 12.7. The Hall–Kier alpha value is -2.68. The molecule has 0 saturated heterocycles. The number of imidazole rings is 1. The number of benzene rings is 2. The molecule has 120 valence electrons. The smallest absolute Gasteiger partial charge is 0.183 e. The van der Waals surface area contributed by atoms with Crippen molar-refractivity contribution in [1.82, 2.24) is 9.97 Å². The van der Waals surface area contributed by atoms with Crippen LogP contribution in [0.2, 0.25) is 5.02 Å². The van der Waals surface area contributed by atoms with Gasteiger partial charge in [0.1, 0.15) is 12.4 Å². The lowest BCUT2D eigenvalue weighted by atomic mass is 10.1. The zero-order valence-corrected chi connectivity index (χ0v) is 13.5. The fourth-order valence-corrected chi connectivity index (χ4v) is 2.55. The summed E-state index contributed by atoms with van der Waals surface area (Å²) >= 11 is 6.04. The van der Waals surface area contributed by atoms with Crippen molar-refractivity contribution in [2.45, 2.75) is 12.5 Å². The first-order valence-corrected chi connectivity index (χ1v) is 7.75. The SMILES string of the molecule is N#C[C@@H](C(=O)COCc1ccccc1Cl)c1nc2ccccc2[nH]1. The molecular weight excluding hydrogens is 326 g/mol. The van der Waals surface area contributed by atoms with E-state index in [1.54, 1.807) is 6.07 Å². The predicted octanol–water partition coefficient (Wildman–Crippen LogP) is 3.61. The van der Waals surface area contributed by atoms with Crippen molar-refractivity contribution in [2.24, 2.45) is 0 Å². The summed E-state index contributed by atoms with van der Waals surface area (Å²) in [7, 11) is 0. The number of aromatic amines is 1. The van der Waals surface area contributed by atoms with Crippen molar-refractivity contribution in [3.8, 4) is 6.07 Å². The number of nitrogens with one attached hydrogen (secondary N) is 1. The first-order valence-electron chi connectivity index (χ1n) is 7.37. The summed E-state index contributed by atoms with van der Waals surface area (Å²) in [5.41, 5.74) is 2.30. The van der Waals surface area contributed by atoms with Gasteiger partial charge in [-0.2, -0.15) is 5.26 Å². The maximum Gasteiger partial charge on any atom is 0.183 e. The maximum atomic E-state index is 12.3. The van der Waals surface area contributed by atoms with Crippen LogP contribution in [-0.2, 0) is 16.1 Å². The van der Waals surface area contributed by atoms with Crippen LogP contribution in [0.3, 0.4) is 0 Å². The molecule has 0 radical (unpaired) electrons. The molecule has 1 heterocycles. The largest absolute Gasteiger partial charge is 0.369 e. The number of Topliss-reactive ketones (excluding diaryl/α,β-unsaturated/α-hetero) is 1. The second-order valence-electron chi connectivity index (χ2n) is 5.25. The minimum atomic E-state index is -0.983. The van der Waals surface area contributed by atoms with E-state index in [0.29, 0.717) is 10.8 Å². The summed E-state index contributed by atoms with van der Waals surface area (Å²) in [4.78, 5) is 19.6. The number of hydrogen-bond donors (Lipinski definition) is 1. The number of carbonyl (C=O) groups is 1. The number of halogens is 1. The van der Waals surface area contributed by atoms with E-state index in [2.05, 4.69) is 9.97 Å². The van der Waals surface area contributed by atoms with Gasteiger partial charge in [-0.15, -0.1) is 0 Å². The molecule has 0 fully saturated rings. The summed E-state index contributed by atoms with van der Waals surface area (Å²) in [6.07, 6.45) is 0. The van der Waals surface area contributed by atoms with Gasteiger partial charge < -0.3 is 9.72 Å². The van der Waals surface area contributed by atoms with Crippen LogP contribution in [0.4, 0.5) is 0 Å². The van der Waals surface area contributed by atoms with E-state index < -0.39 is 5.92 Å². The summed E-state index contributed by atoms with van der Waals surface area (Å²) in [5, 5.41) is 9.91. The Morgan fingerprint density at radius 2 is 2.00 bits per heavy atom. The number of rotatable bonds is 6. The van der Waals surface area contributed by atoms with Crippen LogP contribution < -0.4 is 0 Å². The second-order valence-corrected chi connectivity index (χ2v) is 5.66. The molecule has 0 saturated carbocycles. The van der Waals surface area contributed by atoms with Crippen molar-refractivity contribution in [2.75, 3.05) is 6.61 Å². The molecule has 3 rings (SSSR count). The Morgan fingerprint density at radius 1 is 1.25 bits per heavy atom. The highest BCUT2D eigenvalue weighted by molar-refractivity contribution is 6.31. The predicted molar refractivity (Wildman–Crippen MR) is 90.6 cm³/mol. The number of para-hydroxylation sites is 2. The fraction of sp³-hybridized carbons (Fsp3) is 0.167. The zero-order chi connectivity index (χ0) is 16.9. The molecule has 6 heteroatoms. The number of H-pyrrole nitrogens is 1. The number of fused-ring (bicyclic) bond motifs is 1. The van der Waals surface area contributed by atoms with Crippen molar-refractivity contribution >= 4 is 28.4 Å². The van der Waals surface area contributed by atoms with Gasteiger partial charge in [-0.05, 0) is 23.8 Å². The first kappa shape index (κ1) is 16.2. The van der Waals surface area contributed by atoms with Gasteiger partial charge in [0.05, 0.1) is 23.7 Å². The molecule has 2 aromatic carbocycles. The molecule has 0 aliphatic rings. The molecule has 24 heavy (non-hydrogen) atoms. The highest BCUT2D eigenvalue weighted by Crippen LogP contribution is 2.19. The molecule has 0 amide bonds. The lowest BCUT2D eigenvalue weighted by molar-refractivity contribution is -0.124. The van der Waals surface area contributed by atoms with Gasteiger partial charge in [0.25, 0.3) is 0 Å². The van der Waals surface area contributed by atoms with Gasteiger partial charge in [0, 0.05) is 5.02 Å². The summed E-state index contributed by atoms with van der Waals surface area (Å²) in [6, 6.07) is 16.6. The average Bonchev–Trinajstić information content (AvgIpc) is 3.01. The average molecular weight is 340 g/mol. The quantitative estimate of drug-likeness (QED) is 0.744. The normalized spacial score (nSPS) is 12.0.